The number of hydrogen-bond acceptors (Lipinski definition) is 1. The summed E-state index contributed by atoms with van der Waals surface area (Å²) < 4.78 is 0. The van der Waals surface area contributed by atoms with Gasteiger partial charge in [0.15, 0.2) is 0 Å². The fourth-order valence-corrected chi connectivity index (χ4v) is 3.87. The van der Waals surface area contributed by atoms with Gasteiger partial charge in [0.25, 0.3) is 0 Å². The molecule has 0 spiro atoms. The molecule has 2 rings (SSSR count). The van der Waals surface area contributed by atoms with Crippen molar-refractivity contribution in [3.05, 3.63) is 12.2 Å². The maximum Gasteiger partial charge on any atom is 0.123 e. The maximum atomic E-state index is 10.7. The van der Waals surface area contributed by atoms with Crippen molar-refractivity contribution in [3.63, 3.8) is 0 Å². The van der Waals surface area contributed by atoms with Gasteiger partial charge in [0.2, 0.25) is 0 Å². The summed E-state index contributed by atoms with van der Waals surface area (Å²) in [6.45, 7) is 2.31. The molecule has 0 aromatic rings. The molecule has 2 aliphatic rings. The molecule has 0 aromatic carbocycles. The summed E-state index contributed by atoms with van der Waals surface area (Å²) >= 11 is 0. The highest BCUT2D eigenvalue weighted by molar-refractivity contribution is 5.53. The molecule has 0 heterocycles. The van der Waals surface area contributed by atoms with Crippen LogP contribution in [0.3, 0.4) is 0 Å². The number of rotatable bonds is 5. The van der Waals surface area contributed by atoms with E-state index in [0.29, 0.717) is 5.92 Å². The second-order valence-electron chi connectivity index (χ2n) is 6.77. The van der Waals surface area contributed by atoms with Crippen molar-refractivity contribution in [2.75, 3.05) is 0 Å². The summed E-state index contributed by atoms with van der Waals surface area (Å²) in [5.41, 5.74) is 0. The Labute approximate surface area is 118 Å². The zero-order valence-corrected chi connectivity index (χ0v) is 12.5. The van der Waals surface area contributed by atoms with Crippen LogP contribution in [-0.2, 0) is 4.79 Å². The molecule has 2 fully saturated rings. The summed E-state index contributed by atoms with van der Waals surface area (Å²) in [5.74, 6) is 2.97. The molecule has 0 aromatic heterocycles. The van der Waals surface area contributed by atoms with E-state index in [1.54, 1.807) is 0 Å². The zero-order chi connectivity index (χ0) is 13.5. The molecule has 0 atom stereocenters. The molecule has 1 heteroatoms. The van der Waals surface area contributed by atoms with Crippen molar-refractivity contribution < 1.29 is 4.79 Å². The van der Waals surface area contributed by atoms with Gasteiger partial charge < -0.3 is 4.79 Å². The summed E-state index contributed by atoms with van der Waals surface area (Å²) in [6, 6.07) is 0. The molecule has 0 amide bonds. The van der Waals surface area contributed by atoms with Gasteiger partial charge in [-0.1, -0.05) is 31.9 Å². The summed E-state index contributed by atoms with van der Waals surface area (Å²) in [4.78, 5) is 10.7. The van der Waals surface area contributed by atoms with Crippen LogP contribution in [-0.4, -0.2) is 6.29 Å². The summed E-state index contributed by atoms with van der Waals surface area (Å²) in [5, 5.41) is 0. The second-order valence-corrected chi connectivity index (χ2v) is 6.77. The Morgan fingerprint density at radius 2 is 1.26 bits per heavy atom. The van der Waals surface area contributed by atoms with E-state index in [9.17, 15) is 4.79 Å². The van der Waals surface area contributed by atoms with Gasteiger partial charge in [0.05, 0.1) is 0 Å². The lowest BCUT2D eigenvalue weighted by Crippen LogP contribution is -2.15. The Hall–Kier alpha value is -0.590. The monoisotopic (exact) mass is 262 g/mol. The third-order valence-corrected chi connectivity index (χ3v) is 5.25. The minimum atomic E-state index is 0.356. The van der Waals surface area contributed by atoms with E-state index < -0.39 is 0 Å². The lowest BCUT2D eigenvalue weighted by molar-refractivity contribution is -0.112. The topological polar surface area (TPSA) is 17.1 Å². The molecule has 0 saturated heterocycles. The van der Waals surface area contributed by atoms with Crippen molar-refractivity contribution >= 4 is 6.29 Å². The quantitative estimate of drug-likeness (QED) is 0.494. The largest absolute Gasteiger partial charge is 0.303 e. The number of hydrogen-bond donors (Lipinski definition) is 0. The fraction of sp³-hybridized carbons (Fsp3) is 0.833. The van der Waals surface area contributed by atoms with E-state index in [1.807, 2.05) is 0 Å². The van der Waals surface area contributed by atoms with E-state index in [0.717, 1.165) is 36.9 Å². The van der Waals surface area contributed by atoms with Crippen molar-refractivity contribution in [1.29, 1.82) is 0 Å². The third kappa shape index (κ3) is 4.78. The Bertz CT molecular complexity index is 278. The summed E-state index contributed by atoms with van der Waals surface area (Å²) in [6.07, 6.45) is 19.3. The standard InChI is InChI=1S/C18H30O/c1-2-3-15-4-6-16(7-5-15)8-9-17-10-12-18(14-19)13-11-17/h8-9,14-18H,2-7,10-13H2,1H3. The Morgan fingerprint density at radius 3 is 1.74 bits per heavy atom. The van der Waals surface area contributed by atoms with Gasteiger partial charge in [0, 0.05) is 5.92 Å². The van der Waals surface area contributed by atoms with Crippen LogP contribution < -0.4 is 0 Å². The first-order valence-corrected chi connectivity index (χ1v) is 8.45. The highest BCUT2D eigenvalue weighted by atomic mass is 16.1. The second kappa shape index (κ2) is 7.87. The molecule has 0 aliphatic heterocycles. The first kappa shape index (κ1) is 14.8. The van der Waals surface area contributed by atoms with E-state index in [1.165, 1.54) is 51.4 Å². The van der Waals surface area contributed by atoms with Crippen LogP contribution in [0.25, 0.3) is 0 Å². The average molecular weight is 262 g/mol. The van der Waals surface area contributed by atoms with Crippen LogP contribution in [0.15, 0.2) is 12.2 Å². The van der Waals surface area contributed by atoms with Crippen LogP contribution in [0.2, 0.25) is 0 Å². The Balaban J connectivity index is 1.68. The van der Waals surface area contributed by atoms with E-state index in [2.05, 4.69) is 19.1 Å². The highest BCUT2D eigenvalue weighted by Crippen LogP contribution is 2.34. The number of carbonyl (C=O) groups is 1. The van der Waals surface area contributed by atoms with Gasteiger partial charge in [-0.05, 0) is 69.1 Å². The van der Waals surface area contributed by atoms with Gasteiger partial charge in [-0.3, -0.25) is 0 Å². The highest BCUT2D eigenvalue weighted by Gasteiger charge is 2.21. The maximum absolute atomic E-state index is 10.7. The number of allylic oxidation sites excluding steroid dienone is 2. The predicted octanol–water partition coefficient (Wildman–Crippen LogP) is 5.15. The number of aldehydes is 1. The van der Waals surface area contributed by atoms with Crippen LogP contribution in [0, 0.1) is 23.7 Å². The van der Waals surface area contributed by atoms with Crippen LogP contribution in [0.4, 0.5) is 0 Å². The SMILES string of the molecule is CCCC1CCC(C=CC2CCC(C=O)CC2)CC1. The first-order valence-electron chi connectivity index (χ1n) is 8.45. The van der Waals surface area contributed by atoms with Gasteiger partial charge in [-0.2, -0.15) is 0 Å². The minimum absolute atomic E-state index is 0.356. The van der Waals surface area contributed by atoms with Crippen LogP contribution in [0.1, 0.15) is 71.1 Å². The predicted molar refractivity (Wildman–Crippen MR) is 81.0 cm³/mol. The van der Waals surface area contributed by atoms with Gasteiger partial charge in [0.1, 0.15) is 6.29 Å². The van der Waals surface area contributed by atoms with Crippen LogP contribution in [0.5, 0.6) is 0 Å². The number of carbonyl (C=O) groups excluding carboxylic acids is 1. The van der Waals surface area contributed by atoms with Crippen molar-refractivity contribution in [1.82, 2.24) is 0 Å². The average Bonchev–Trinajstić information content (AvgIpc) is 2.47. The summed E-state index contributed by atoms with van der Waals surface area (Å²) in [7, 11) is 0. The molecule has 19 heavy (non-hydrogen) atoms. The Morgan fingerprint density at radius 1 is 0.789 bits per heavy atom. The van der Waals surface area contributed by atoms with Gasteiger partial charge in [-0.15, -0.1) is 0 Å². The molecule has 2 saturated carbocycles. The fourth-order valence-electron chi connectivity index (χ4n) is 3.87. The molecular formula is C18H30O. The van der Waals surface area contributed by atoms with Crippen molar-refractivity contribution in [2.45, 2.75) is 71.1 Å². The lowest BCUT2D eigenvalue weighted by atomic mass is 9.78. The molecule has 2 aliphatic carbocycles. The molecule has 0 unspecified atom stereocenters. The molecule has 0 bridgehead atoms. The van der Waals surface area contributed by atoms with E-state index in [4.69, 9.17) is 0 Å². The van der Waals surface area contributed by atoms with Gasteiger partial charge in [-0.25, -0.2) is 0 Å². The first-order chi connectivity index (χ1) is 9.31. The van der Waals surface area contributed by atoms with E-state index >= 15 is 0 Å². The van der Waals surface area contributed by atoms with Crippen LogP contribution >= 0.6 is 0 Å². The molecule has 108 valence electrons. The van der Waals surface area contributed by atoms with Crippen molar-refractivity contribution in [3.8, 4) is 0 Å². The normalized spacial score (nSPS) is 36.5. The molecular weight excluding hydrogens is 232 g/mol. The third-order valence-electron chi connectivity index (χ3n) is 5.25. The van der Waals surface area contributed by atoms with Gasteiger partial charge >= 0.3 is 0 Å². The molecule has 0 radical (unpaired) electrons. The van der Waals surface area contributed by atoms with E-state index in [-0.39, 0.29) is 0 Å². The molecule has 1 nitrogen and oxygen atoms in total. The molecule has 0 N–H and O–H groups in total. The lowest BCUT2D eigenvalue weighted by Gasteiger charge is -2.27. The smallest absolute Gasteiger partial charge is 0.123 e. The minimum Gasteiger partial charge on any atom is -0.303 e. The van der Waals surface area contributed by atoms with Crippen molar-refractivity contribution in [2.24, 2.45) is 23.7 Å². The Kier molecular flexibility index (Phi) is 6.13. The zero-order valence-electron chi connectivity index (χ0n) is 12.5.